The zero-order valence-electron chi connectivity index (χ0n) is 10.8. The molecule has 0 unspecified atom stereocenters. The van der Waals surface area contributed by atoms with Crippen LogP contribution in [0.3, 0.4) is 0 Å². The lowest BCUT2D eigenvalue weighted by molar-refractivity contribution is 0.303. The maximum Gasteiger partial charge on any atom is 0.0723 e. The Hall–Kier alpha value is -1.31. The molecule has 16 heavy (non-hydrogen) atoms. The minimum Gasteiger partial charge on any atom is -0.411 e. The van der Waals surface area contributed by atoms with E-state index in [1.54, 1.807) is 0 Å². The van der Waals surface area contributed by atoms with Gasteiger partial charge < -0.3 is 5.21 Å². The number of oxime groups is 1. The molecule has 0 aromatic heterocycles. The summed E-state index contributed by atoms with van der Waals surface area (Å²) in [6.45, 7) is 10.4. The zero-order valence-corrected chi connectivity index (χ0v) is 10.8. The van der Waals surface area contributed by atoms with E-state index < -0.39 is 0 Å². The lowest BCUT2D eigenvalue weighted by Crippen LogP contribution is -2.38. The average Bonchev–Trinajstić information content (AvgIpc) is 2.17. The van der Waals surface area contributed by atoms with Gasteiger partial charge in [0.25, 0.3) is 0 Å². The van der Waals surface area contributed by atoms with Crippen LogP contribution in [0.5, 0.6) is 0 Å². The largest absolute Gasteiger partial charge is 0.411 e. The van der Waals surface area contributed by atoms with Crippen LogP contribution in [0.25, 0.3) is 0 Å². The Morgan fingerprint density at radius 2 is 1.50 bits per heavy atom. The molecular formula is C14H21NO. The molecule has 0 amide bonds. The highest BCUT2D eigenvalue weighted by molar-refractivity contribution is 5.97. The van der Waals surface area contributed by atoms with Crippen molar-refractivity contribution in [1.29, 1.82) is 0 Å². The van der Waals surface area contributed by atoms with Gasteiger partial charge in [0.2, 0.25) is 0 Å². The molecule has 88 valence electrons. The van der Waals surface area contributed by atoms with Gasteiger partial charge in [-0.25, -0.2) is 0 Å². The Bertz CT molecular complexity index is 371. The molecule has 1 N–H and O–H groups in total. The number of benzene rings is 1. The summed E-state index contributed by atoms with van der Waals surface area (Å²) in [6.07, 6.45) is 0. The van der Waals surface area contributed by atoms with Gasteiger partial charge in [0.1, 0.15) is 0 Å². The van der Waals surface area contributed by atoms with Crippen LogP contribution in [0, 0.1) is 5.41 Å². The second kappa shape index (κ2) is 4.28. The molecule has 0 saturated heterocycles. The standard InChI is InChI=1S/C14H21NO/c1-13(2,3)12(15-16)14(4,5)11-9-7-6-8-10-11/h6-10,16H,1-5H3/b15-12+. The SMILES string of the molecule is CC(C)(C)/C(=N\O)C(C)(C)c1ccccc1. The number of hydrogen-bond acceptors (Lipinski definition) is 2. The fourth-order valence-corrected chi connectivity index (χ4v) is 2.20. The molecule has 0 saturated carbocycles. The summed E-state index contributed by atoms with van der Waals surface area (Å²) in [5.74, 6) is 0. The highest BCUT2D eigenvalue weighted by Gasteiger charge is 2.35. The highest BCUT2D eigenvalue weighted by Crippen LogP contribution is 2.33. The predicted octanol–water partition coefficient (Wildman–Crippen LogP) is 3.84. The van der Waals surface area contributed by atoms with Crippen molar-refractivity contribution in [2.24, 2.45) is 10.6 Å². The molecule has 0 atom stereocenters. The van der Waals surface area contributed by atoms with E-state index in [9.17, 15) is 5.21 Å². The van der Waals surface area contributed by atoms with Crippen LogP contribution >= 0.6 is 0 Å². The molecule has 0 fully saturated rings. The predicted molar refractivity (Wildman–Crippen MR) is 68.1 cm³/mol. The molecule has 2 heteroatoms. The number of nitrogens with zero attached hydrogens (tertiary/aromatic N) is 1. The number of hydrogen-bond donors (Lipinski definition) is 1. The topological polar surface area (TPSA) is 32.6 Å². The molecule has 0 aliphatic carbocycles. The third kappa shape index (κ3) is 2.43. The van der Waals surface area contributed by atoms with Crippen LogP contribution in [0.15, 0.2) is 35.5 Å². The first-order chi connectivity index (χ1) is 7.30. The fourth-order valence-electron chi connectivity index (χ4n) is 2.20. The van der Waals surface area contributed by atoms with Gasteiger partial charge in [-0.1, -0.05) is 70.1 Å². The van der Waals surface area contributed by atoms with Crippen LogP contribution in [0.4, 0.5) is 0 Å². The minimum absolute atomic E-state index is 0.145. The summed E-state index contributed by atoms with van der Waals surface area (Å²) in [7, 11) is 0. The molecule has 0 heterocycles. The van der Waals surface area contributed by atoms with Gasteiger partial charge in [0, 0.05) is 10.8 Å². The lowest BCUT2D eigenvalue weighted by Gasteiger charge is -2.34. The van der Waals surface area contributed by atoms with E-state index in [0.29, 0.717) is 0 Å². The van der Waals surface area contributed by atoms with Gasteiger partial charge >= 0.3 is 0 Å². The Morgan fingerprint density at radius 1 is 1.00 bits per heavy atom. The van der Waals surface area contributed by atoms with Crippen molar-refractivity contribution in [3.63, 3.8) is 0 Å². The van der Waals surface area contributed by atoms with Crippen LogP contribution in [-0.2, 0) is 5.41 Å². The van der Waals surface area contributed by atoms with Crippen molar-refractivity contribution >= 4 is 5.71 Å². The van der Waals surface area contributed by atoms with Gasteiger partial charge in [0.15, 0.2) is 0 Å². The molecule has 0 bridgehead atoms. The van der Waals surface area contributed by atoms with Gasteiger partial charge in [-0.3, -0.25) is 0 Å². The van der Waals surface area contributed by atoms with Crippen molar-refractivity contribution in [3.8, 4) is 0 Å². The monoisotopic (exact) mass is 219 g/mol. The third-order valence-corrected chi connectivity index (χ3v) is 2.90. The van der Waals surface area contributed by atoms with E-state index in [0.717, 1.165) is 11.3 Å². The van der Waals surface area contributed by atoms with Gasteiger partial charge in [-0.2, -0.15) is 0 Å². The summed E-state index contributed by atoms with van der Waals surface area (Å²) in [5, 5.41) is 12.8. The van der Waals surface area contributed by atoms with Crippen molar-refractivity contribution in [1.82, 2.24) is 0 Å². The zero-order chi connectivity index (χ0) is 12.4. The highest BCUT2D eigenvalue weighted by atomic mass is 16.4. The first-order valence-electron chi connectivity index (χ1n) is 5.58. The summed E-state index contributed by atoms with van der Waals surface area (Å²) in [5.41, 5.74) is 1.56. The Balaban J connectivity index is 3.21. The molecule has 2 nitrogen and oxygen atoms in total. The van der Waals surface area contributed by atoms with Gasteiger partial charge in [0.05, 0.1) is 5.71 Å². The molecule has 0 spiro atoms. The van der Waals surface area contributed by atoms with Crippen LogP contribution < -0.4 is 0 Å². The molecule has 1 rings (SSSR count). The second-order valence-electron chi connectivity index (χ2n) is 5.69. The lowest BCUT2D eigenvalue weighted by atomic mass is 9.70. The Labute approximate surface area is 98.0 Å². The Morgan fingerprint density at radius 3 is 1.88 bits per heavy atom. The molecule has 1 aromatic carbocycles. The fraction of sp³-hybridized carbons (Fsp3) is 0.500. The van der Waals surface area contributed by atoms with Crippen LogP contribution in [0.2, 0.25) is 0 Å². The summed E-state index contributed by atoms with van der Waals surface area (Å²) in [6, 6.07) is 10.1. The third-order valence-electron chi connectivity index (χ3n) is 2.90. The van der Waals surface area contributed by atoms with Crippen molar-refractivity contribution < 1.29 is 5.21 Å². The van der Waals surface area contributed by atoms with E-state index in [1.165, 1.54) is 0 Å². The smallest absolute Gasteiger partial charge is 0.0723 e. The van der Waals surface area contributed by atoms with E-state index in [1.807, 2.05) is 18.2 Å². The quantitative estimate of drug-likeness (QED) is 0.457. The van der Waals surface area contributed by atoms with Crippen LogP contribution in [0.1, 0.15) is 40.2 Å². The summed E-state index contributed by atoms with van der Waals surface area (Å²) >= 11 is 0. The van der Waals surface area contributed by atoms with Crippen molar-refractivity contribution in [2.75, 3.05) is 0 Å². The van der Waals surface area contributed by atoms with Crippen molar-refractivity contribution in [2.45, 2.75) is 40.0 Å². The molecule has 1 aromatic rings. The summed E-state index contributed by atoms with van der Waals surface area (Å²) in [4.78, 5) is 0. The first kappa shape index (κ1) is 12.8. The average molecular weight is 219 g/mol. The van der Waals surface area contributed by atoms with E-state index in [4.69, 9.17) is 0 Å². The molecule has 0 aliphatic rings. The maximum absolute atomic E-state index is 9.25. The molecular weight excluding hydrogens is 198 g/mol. The van der Waals surface area contributed by atoms with Gasteiger partial charge in [-0.05, 0) is 5.56 Å². The van der Waals surface area contributed by atoms with Crippen molar-refractivity contribution in [3.05, 3.63) is 35.9 Å². The Kier molecular flexibility index (Phi) is 3.41. The normalized spacial score (nSPS) is 13.9. The van der Waals surface area contributed by atoms with Gasteiger partial charge in [-0.15, -0.1) is 0 Å². The minimum atomic E-state index is -0.256. The van der Waals surface area contributed by atoms with Crippen LogP contribution in [-0.4, -0.2) is 10.9 Å². The molecule has 0 aliphatic heterocycles. The first-order valence-corrected chi connectivity index (χ1v) is 5.58. The summed E-state index contributed by atoms with van der Waals surface area (Å²) < 4.78 is 0. The maximum atomic E-state index is 9.25. The number of rotatable bonds is 2. The second-order valence-corrected chi connectivity index (χ2v) is 5.69. The van der Waals surface area contributed by atoms with E-state index in [2.05, 4.69) is 51.9 Å². The van der Waals surface area contributed by atoms with E-state index >= 15 is 0 Å². The molecule has 0 radical (unpaired) electrons. The van der Waals surface area contributed by atoms with E-state index in [-0.39, 0.29) is 10.8 Å².